The molecule has 154 valence electrons. The van der Waals surface area contributed by atoms with E-state index in [1.54, 1.807) is 25.1 Å². The van der Waals surface area contributed by atoms with Crippen LogP contribution in [-0.4, -0.2) is 30.6 Å². The minimum atomic E-state index is -1.04. The van der Waals surface area contributed by atoms with Crippen molar-refractivity contribution in [1.82, 2.24) is 0 Å². The third kappa shape index (κ3) is 4.76. The molecule has 0 spiro atoms. The Morgan fingerprint density at radius 2 is 1.97 bits per heavy atom. The largest absolute Gasteiger partial charge is 0.462 e. The number of amides is 1. The molecule has 1 aliphatic carbocycles. The van der Waals surface area contributed by atoms with E-state index in [0.717, 1.165) is 36.1 Å². The van der Waals surface area contributed by atoms with E-state index in [0.29, 0.717) is 16.3 Å². The van der Waals surface area contributed by atoms with Crippen molar-refractivity contribution in [2.45, 2.75) is 45.6 Å². The summed E-state index contributed by atoms with van der Waals surface area (Å²) in [5, 5.41) is 3.20. The zero-order chi connectivity index (χ0) is 21.0. The van der Waals surface area contributed by atoms with Gasteiger partial charge in [0.25, 0.3) is 5.91 Å². The number of aryl methyl sites for hydroxylation is 1. The molecular weight excluding hydrogens is 392 g/mol. The van der Waals surface area contributed by atoms with Gasteiger partial charge in [-0.1, -0.05) is 6.07 Å². The van der Waals surface area contributed by atoms with Crippen molar-refractivity contribution in [2.75, 3.05) is 17.7 Å². The third-order valence-corrected chi connectivity index (χ3v) is 5.87. The molecular formula is C21H24N2O5S. The van der Waals surface area contributed by atoms with Gasteiger partial charge in [-0.05, 0) is 63.3 Å². The molecule has 0 radical (unpaired) electrons. The Morgan fingerprint density at radius 3 is 2.69 bits per heavy atom. The Kier molecular flexibility index (Phi) is 6.53. The van der Waals surface area contributed by atoms with E-state index in [1.165, 1.54) is 24.3 Å². The number of fused-ring (bicyclic) bond motifs is 1. The van der Waals surface area contributed by atoms with E-state index in [9.17, 15) is 14.4 Å². The number of nitrogens with one attached hydrogen (secondary N) is 1. The molecule has 1 aliphatic rings. The third-order valence-electron chi connectivity index (χ3n) is 4.66. The summed E-state index contributed by atoms with van der Waals surface area (Å²) in [5.41, 5.74) is 7.76. The number of anilines is 2. The van der Waals surface area contributed by atoms with Crippen LogP contribution in [0.15, 0.2) is 24.3 Å². The molecule has 1 aromatic heterocycles. The second kappa shape index (κ2) is 9.09. The van der Waals surface area contributed by atoms with Crippen LogP contribution in [-0.2, 0) is 27.1 Å². The van der Waals surface area contributed by atoms with Gasteiger partial charge >= 0.3 is 11.9 Å². The van der Waals surface area contributed by atoms with Crippen molar-refractivity contribution in [3.63, 3.8) is 0 Å². The molecule has 7 nitrogen and oxygen atoms in total. The van der Waals surface area contributed by atoms with Crippen LogP contribution in [0.4, 0.5) is 10.7 Å². The lowest BCUT2D eigenvalue weighted by Crippen LogP contribution is -2.30. The predicted molar refractivity (Wildman–Crippen MR) is 111 cm³/mol. The van der Waals surface area contributed by atoms with Gasteiger partial charge in [0, 0.05) is 10.6 Å². The van der Waals surface area contributed by atoms with Crippen LogP contribution in [0.5, 0.6) is 0 Å². The van der Waals surface area contributed by atoms with Gasteiger partial charge < -0.3 is 20.5 Å². The minimum Gasteiger partial charge on any atom is -0.462 e. The molecule has 1 amide bonds. The van der Waals surface area contributed by atoms with Gasteiger partial charge in [-0.25, -0.2) is 9.59 Å². The van der Waals surface area contributed by atoms with Gasteiger partial charge in [-0.15, -0.1) is 11.3 Å². The summed E-state index contributed by atoms with van der Waals surface area (Å²) in [5.74, 6) is -1.59. The number of benzene rings is 1. The highest BCUT2D eigenvalue weighted by Gasteiger charge is 2.29. The maximum Gasteiger partial charge on any atom is 0.341 e. The molecule has 1 aromatic carbocycles. The second-order valence-corrected chi connectivity index (χ2v) is 7.90. The van der Waals surface area contributed by atoms with Crippen LogP contribution in [0.25, 0.3) is 0 Å². The van der Waals surface area contributed by atoms with Crippen LogP contribution in [0.2, 0.25) is 0 Å². The molecule has 2 aromatic rings. The van der Waals surface area contributed by atoms with Gasteiger partial charge in [0.15, 0.2) is 6.10 Å². The topological polar surface area (TPSA) is 108 Å². The number of nitrogens with two attached hydrogens (primary N) is 1. The van der Waals surface area contributed by atoms with E-state index >= 15 is 0 Å². The lowest BCUT2D eigenvalue weighted by atomic mass is 9.95. The maximum atomic E-state index is 12.6. The van der Waals surface area contributed by atoms with Crippen LogP contribution >= 0.6 is 11.3 Å². The average Bonchev–Trinajstić information content (AvgIpc) is 3.05. The fourth-order valence-corrected chi connectivity index (χ4v) is 4.51. The molecule has 29 heavy (non-hydrogen) atoms. The predicted octanol–water partition coefficient (Wildman–Crippen LogP) is 3.57. The molecule has 8 heteroatoms. The standard InChI is InChI=1S/C21H24N2O5S/c1-3-27-21(26)17-15-9-4-5-10-16(15)29-19(17)23-18(24)12(2)28-20(25)13-7-6-8-14(22)11-13/h6-8,11-12H,3-5,9-10,22H2,1-2H3,(H,23,24). The van der Waals surface area contributed by atoms with Gasteiger partial charge in [-0.3, -0.25) is 4.79 Å². The minimum absolute atomic E-state index is 0.255. The highest BCUT2D eigenvalue weighted by molar-refractivity contribution is 7.17. The molecule has 0 saturated heterocycles. The van der Waals surface area contributed by atoms with Gasteiger partial charge in [0.05, 0.1) is 17.7 Å². The number of hydrogen-bond acceptors (Lipinski definition) is 7. The molecule has 1 atom stereocenters. The second-order valence-electron chi connectivity index (χ2n) is 6.80. The maximum absolute atomic E-state index is 12.6. The number of ether oxygens (including phenoxy) is 2. The van der Waals surface area contributed by atoms with Crippen molar-refractivity contribution in [1.29, 1.82) is 0 Å². The van der Waals surface area contributed by atoms with Gasteiger partial charge in [0.2, 0.25) is 0 Å². The van der Waals surface area contributed by atoms with Crippen molar-refractivity contribution in [3.8, 4) is 0 Å². The summed E-state index contributed by atoms with van der Waals surface area (Å²) in [6.07, 6.45) is 2.67. The Hall–Kier alpha value is -2.87. The van der Waals surface area contributed by atoms with E-state index in [2.05, 4.69) is 5.32 Å². The number of hydrogen-bond donors (Lipinski definition) is 2. The first-order valence-electron chi connectivity index (χ1n) is 9.59. The van der Waals surface area contributed by atoms with Crippen molar-refractivity contribution in [2.24, 2.45) is 0 Å². The number of rotatable bonds is 6. The first-order chi connectivity index (χ1) is 13.9. The Balaban J connectivity index is 1.75. The number of esters is 2. The van der Waals surface area contributed by atoms with E-state index in [1.807, 2.05) is 0 Å². The van der Waals surface area contributed by atoms with Crippen LogP contribution in [0, 0.1) is 0 Å². The van der Waals surface area contributed by atoms with Gasteiger partial charge in [-0.2, -0.15) is 0 Å². The van der Waals surface area contributed by atoms with Gasteiger partial charge in [0.1, 0.15) is 5.00 Å². The highest BCUT2D eigenvalue weighted by Crippen LogP contribution is 2.38. The highest BCUT2D eigenvalue weighted by atomic mass is 32.1. The monoisotopic (exact) mass is 416 g/mol. The molecule has 0 bridgehead atoms. The number of nitrogen functional groups attached to an aromatic ring is 1. The molecule has 3 rings (SSSR count). The van der Waals surface area contributed by atoms with Crippen molar-refractivity contribution in [3.05, 3.63) is 45.8 Å². The van der Waals surface area contributed by atoms with E-state index < -0.39 is 23.9 Å². The molecule has 0 aliphatic heterocycles. The Morgan fingerprint density at radius 1 is 1.21 bits per heavy atom. The fraction of sp³-hybridized carbons (Fsp3) is 0.381. The molecule has 0 saturated carbocycles. The molecule has 1 heterocycles. The lowest BCUT2D eigenvalue weighted by molar-refractivity contribution is -0.123. The molecule has 0 fully saturated rings. The average molecular weight is 416 g/mol. The van der Waals surface area contributed by atoms with Crippen molar-refractivity contribution >= 4 is 39.9 Å². The number of carbonyl (C=O) groups excluding carboxylic acids is 3. The summed E-state index contributed by atoms with van der Waals surface area (Å²) in [6, 6.07) is 6.34. The number of carbonyl (C=O) groups is 3. The number of thiophene rings is 1. The first-order valence-corrected chi connectivity index (χ1v) is 10.4. The SMILES string of the molecule is CCOC(=O)c1c(NC(=O)C(C)OC(=O)c2cccc(N)c2)sc2c1CCCC2. The van der Waals surface area contributed by atoms with Crippen LogP contribution in [0.3, 0.4) is 0 Å². The van der Waals surface area contributed by atoms with Crippen molar-refractivity contribution < 1.29 is 23.9 Å². The first kappa shape index (κ1) is 20.9. The summed E-state index contributed by atoms with van der Waals surface area (Å²) >= 11 is 1.39. The smallest absolute Gasteiger partial charge is 0.341 e. The van der Waals surface area contributed by atoms with Crippen LogP contribution in [0.1, 0.15) is 57.8 Å². The molecule has 1 unspecified atom stereocenters. The fourth-order valence-electron chi connectivity index (χ4n) is 3.23. The Bertz CT molecular complexity index is 937. The summed E-state index contributed by atoms with van der Waals surface area (Å²) < 4.78 is 10.4. The van der Waals surface area contributed by atoms with E-state index in [-0.39, 0.29) is 12.2 Å². The van der Waals surface area contributed by atoms with Crippen LogP contribution < -0.4 is 11.1 Å². The Labute approximate surface area is 173 Å². The quantitative estimate of drug-likeness (QED) is 0.551. The zero-order valence-electron chi connectivity index (χ0n) is 16.4. The van der Waals surface area contributed by atoms with E-state index in [4.69, 9.17) is 15.2 Å². The summed E-state index contributed by atoms with van der Waals surface area (Å²) in [7, 11) is 0. The lowest BCUT2D eigenvalue weighted by Gasteiger charge is -2.14. The summed E-state index contributed by atoms with van der Waals surface area (Å²) in [6.45, 7) is 3.48. The summed E-state index contributed by atoms with van der Waals surface area (Å²) in [4.78, 5) is 38.5. The molecule has 3 N–H and O–H groups in total. The zero-order valence-corrected chi connectivity index (χ0v) is 17.3. The normalized spacial score (nSPS) is 13.9.